The Balaban J connectivity index is 0.00000320. The molecule has 1 aliphatic rings. The number of guanidine groups is 1. The lowest BCUT2D eigenvalue weighted by Crippen LogP contribution is -2.49. The molecule has 2 N–H and O–H groups in total. The number of aliphatic imine (C=N–C) groups is 1. The fraction of sp³-hybridized carbons (Fsp3) is 0.455. The molecule has 0 aliphatic carbocycles. The Morgan fingerprint density at radius 1 is 1.23 bits per heavy atom. The van der Waals surface area contributed by atoms with Gasteiger partial charge < -0.3 is 20.3 Å². The van der Waals surface area contributed by atoms with Gasteiger partial charge in [0, 0.05) is 46.0 Å². The maximum Gasteiger partial charge on any atom is 0.191 e. The second-order valence-electron chi connectivity index (χ2n) is 7.33. The maximum absolute atomic E-state index is 13.1. The zero-order chi connectivity index (χ0) is 20.6. The van der Waals surface area contributed by atoms with Crippen molar-refractivity contribution >= 4 is 35.8 Å². The van der Waals surface area contributed by atoms with Crippen molar-refractivity contribution < 1.29 is 9.13 Å². The third-order valence-corrected chi connectivity index (χ3v) is 5.26. The summed E-state index contributed by atoms with van der Waals surface area (Å²) in [5.74, 6) is 1.54. The first-order chi connectivity index (χ1) is 14.1. The van der Waals surface area contributed by atoms with Gasteiger partial charge in [0.2, 0.25) is 0 Å². The number of hydrogen-bond acceptors (Lipinski definition) is 4. The standard InChI is InChI=1S/C22H30FN5O.HI/c1-16-4-9-21(25-14-16)28-12-10-19(11-13-28)27-22(24-2)26-15-20(29-3)17-5-7-18(23)8-6-17;/h4-9,14,19-20H,10-13,15H2,1-3H3,(H2,24,26,27);1H. The van der Waals surface area contributed by atoms with Crippen LogP contribution in [0, 0.1) is 12.7 Å². The van der Waals surface area contributed by atoms with Gasteiger partial charge in [-0.3, -0.25) is 4.99 Å². The number of anilines is 1. The molecule has 1 aromatic heterocycles. The lowest BCUT2D eigenvalue weighted by molar-refractivity contribution is 0.106. The van der Waals surface area contributed by atoms with Gasteiger partial charge in [0.05, 0.1) is 6.10 Å². The second-order valence-corrected chi connectivity index (χ2v) is 7.33. The van der Waals surface area contributed by atoms with Crippen LogP contribution in [0.4, 0.5) is 10.2 Å². The molecular weight excluding hydrogens is 496 g/mol. The van der Waals surface area contributed by atoms with Crippen molar-refractivity contribution in [2.24, 2.45) is 4.99 Å². The number of rotatable bonds is 6. The van der Waals surface area contributed by atoms with Gasteiger partial charge in [-0.25, -0.2) is 9.37 Å². The predicted molar refractivity (Wildman–Crippen MR) is 130 cm³/mol. The molecule has 6 nitrogen and oxygen atoms in total. The zero-order valence-corrected chi connectivity index (χ0v) is 20.1. The molecule has 0 saturated carbocycles. The summed E-state index contributed by atoms with van der Waals surface area (Å²) in [6.45, 7) is 4.52. The normalized spacial score (nSPS) is 16.0. The number of nitrogens with zero attached hydrogens (tertiary/aromatic N) is 3. The van der Waals surface area contributed by atoms with Crippen molar-refractivity contribution in [1.82, 2.24) is 15.6 Å². The lowest BCUT2D eigenvalue weighted by atomic mass is 10.1. The fourth-order valence-electron chi connectivity index (χ4n) is 3.49. The van der Waals surface area contributed by atoms with Crippen molar-refractivity contribution in [3.63, 3.8) is 0 Å². The predicted octanol–water partition coefficient (Wildman–Crippen LogP) is 3.67. The van der Waals surface area contributed by atoms with Crippen LogP contribution in [0.25, 0.3) is 0 Å². The van der Waals surface area contributed by atoms with Crippen LogP contribution in [0.3, 0.4) is 0 Å². The summed E-state index contributed by atoms with van der Waals surface area (Å²) >= 11 is 0. The SMILES string of the molecule is CN=C(NCC(OC)c1ccc(F)cc1)NC1CCN(c2ccc(C)cn2)CC1.I. The molecule has 3 rings (SSSR count). The van der Waals surface area contributed by atoms with E-state index in [0.29, 0.717) is 12.6 Å². The molecule has 8 heteroatoms. The van der Waals surface area contributed by atoms with Crippen LogP contribution in [-0.4, -0.2) is 50.8 Å². The lowest BCUT2D eigenvalue weighted by Gasteiger charge is -2.34. The number of aromatic nitrogens is 1. The van der Waals surface area contributed by atoms with Gasteiger partial charge in [-0.05, 0) is 49.1 Å². The van der Waals surface area contributed by atoms with E-state index >= 15 is 0 Å². The highest BCUT2D eigenvalue weighted by Crippen LogP contribution is 2.18. The summed E-state index contributed by atoms with van der Waals surface area (Å²) in [4.78, 5) is 11.2. The van der Waals surface area contributed by atoms with E-state index in [0.717, 1.165) is 43.3 Å². The second kappa shape index (κ2) is 12.0. The van der Waals surface area contributed by atoms with Crippen LogP contribution in [0.1, 0.15) is 30.1 Å². The van der Waals surface area contributed by atoms with Gasteiger partial charge in [0.15, 0.2) is 5.96 Å². The average molecular weight is 527 g/mol. The van der Waals surface area contributed by atoms with Crippen molar-refractivity contribution in [3.05, 3.63) is 59.5 Å². The topological polar surface area (TPSA) is 61.8 Å². The summed E-state index contributed by atoms with van der Waals surface area (Å²) in [5.41, 5.74) is 2.10. The molecule has 1 atom stereocenters. The molecule has 1 unspecified atom stereocenters. The summed E-state index contributed by atoms with van der Waals surface area (Å²) in [6.07, 6.45) is 3.77. The molecule has 0 bridgehead atoms. The van der Waals surface area contributed by atoms with E-state index < -0.39 is 0 Å². The van der Waals surface area contributed by atoms with Gasteiger partial charge in [-0.2, -0.15) is 0 Å². The van der Waals surface area contributed by atoms with E-state index in [1.807, 2.05) is 6.20 Å². The minimum absolute atomic E-state index is 0. The molecule has 1 aromatic carbocycles. The van der Waals surface area contributed by atoms with Crippen LogP contribution in [-0.2, 0) is 4.74 Å². The Labute approximate surface area is 195 Å². The number of halogens is 2. The van der Waals surface area contributed by atoms with E-state index in [2.05, 4.69) is 44.6 Å². The number of aryl methyl sites for hydroxylation is 1. The maximum atomic E-state index is 13.1. The van der Waals surface area contributed by atoms with Crippen LogP contribution < -0.4 is 15.5 Å². The Hall–Kier alpha value is -1.94. The molecule has 0 spiro atoms. The first-order valence-electron chi connectivity index (χ1n) is 10.0. The number of nitrogens with one attached hydrogen (secondary N) is 2. The van der Waals surface area contributed by atoms with Crippen molar-refractivity contribution in [2.45, 2.75) is 31.9 Å². The number of pyridine rings is 1. The van der Waals surface area contributed by atoms with Crippen LogP contribution >= 0.6 is 24.0 Å². The molecule has 30 heavy (non-hydrogen) atoms. The highest BCUT2D eigenvalue weighted by molar-refractivity contribution is 14.0. The Morgan fingerprint density at radius 2 is 1.93 bits per heavy atom. The zero-order valence-electron chi connectivity index (χ0n) is 17.8. The monoisotopic (exact) mass is 527 g/mol. The van der Waals surface area contributed by atoms with Gasteiger partial charge in [0.25, 0.3) is 0 Å². The number of benzene rings is 1. The van der Waals surface area contributed by atoms with Gasteiger partial charge in [-0.1, -0.05) is 18.2 Å². The molecule has 0 radical (unpaired) electrons. The number of hydrogen-bond donors (Lipinski definition) is 2. The fourth-order valence-corrected chi connectivity index (χ4v) is 3.49. The van der Waals surface area contributed by atoms with Gasteiger partial charge in [-0.15, -0.1) is 24.0 Å². The van der Waals surface area contributed by atoms with E-state index in [-0.39, 0.29) is 35.9 Å². The third kappa shape index (κ3) is 6.80. The molecule has 1 fully saturated rings. The quantitative estimate of drug-likeness (QED) is 0.341. The van der Waals surface area contributed by atoms with Crippen LogP contribution in [0.2, 0.25) is 0 Å². The summed E-state index contributed by atoms with van der Waals surface area (Å²) in [7, 11) is 3.42. The first kappa shape index (κ1) is 24.3. The Bertz CT molecular complexity index is 792. The molecule has 0 amide bonds. The largest absolute Gasteiger partial charge is 0.375 e. The molecule has 1 aliphatic heterocycles. The van der Waals surface area contributed by atoms with E-state index in [4.69, 9.17) is 4.74 Å². The average Bonchev–Trinajstić information content (AvgIpc) is 2.75. The van der Waals surface area contributed by atoms with Gasteiger partial charge >= 0.3 is 0 Å². The number of methoxy groups -OCH3 is 1. The van der Waals surface area contributed by atoms with Gasteiger partial charge in [0.1, 0.15) is 11.6 Å². The number of piperidine rings is 1. The number of ether oxygens (including phenoxy) is 1. The molecule has 2 heterocycles. The van der Waals surface area contributed by atoms with Crippen molar-refractivity contribution in [2.75, 3.05) is 38.7 Å². The minimum atomic E-state index is -0.249. The van der Waals surface area contributed by atoms with Crippen LogP contribution in [0.15, 0.2) is 47.6 Å². The summed E-state index contributed by atoms with van der Waals surface area (Å²) in [5, 5.41) is 6.83. The van der Waals surface area contributed by atoms with E-state index in [9.17, 15) is 4.39 Å². The summed E-state index contributed by atoms with van der Waals surface area (Å²) < 4.78 is 18.7. The highest BCUT2D eigenvalue weighted by atomic mass is 127. The minimum Gasteiger partial charge on any atom is -0.375 e. The Morgan fingerprint density at radius 3 is 2.50 bits per heavy atom. The third-order valence-electron chi connectivity index (χ3n) is 5.26. The van der Waals surface area contributed by atoms with Crippen molar-refractivity contribution in [3.8, 4) is 0 Å². The Kier molecular flexibility index (Phi) is 9.77. The first-order valence-corrected chi connectivity index (χ1v) is 10.0. The molecule has 164 valence electrons. The smallest absolute Gasteiger partial charge is 0.191 e. The van der Waals surface area contributed by atoms with E-state index in [1.165, 1.54) is 17.7 Å². The van der Waals surface area contributed by atoms with Crippen LogP contribution in [0.5, 0.6) is 0 Å². The molecule has 2 aromatic rings. The molecule has 1 saturated heterocycles. The van der Waals surface area contributed by atoms with E-state index in [1.54, 1.807) is 26.3 Å². The summed E-state index contributed by atoms with van der Waals surface area (Å²) in [6, 6.07) is 10.9. The van der Waals surface area contributed by atoms with Crippen molar-refractivity contribution in [1.29, 1.82) is 0 Å². The molecular formula is C22H31FIN5O. The highest BCUT2D eigenvalue weighted by Gasteiger charge is 2.21.